The zero-order valence-electron chi connectivity index (χ0n) is 9.83. The zero-order chi connectivity index (χ0) is 10.8. The molecule has 1 aliphatic heterocycles. The number of amides is 1. The lowest BCUT2D eigenvalue weighted by atomic mass is 10.0. The number of carbonyl (C=O) groups is 1. The predicted molar refractivity (Wildman–Crippen MR) is 60.5 cm³/mol. The highest BCUT2D eigenvalue weighted by molar-refractivity contribution is 5.81. The molecule has 0 spiro atoms. The highest BCUT2D eigenvalue weighted by atomic mass is 16.2. The molecule has 1 atom stereocenters. The molecule has 1 aliphatic carbocycles. The van der Waals surface area contributed by atoms with Gasteiger partial charge in [-0.1, -0.05) is 13.8 Å². The maximum atomic E-state index is 12.1. The van der Waals surface area contributed by atoms with E-state index in [0.717, 1.165) is 38.9 Å². The topological polar surface area (TPSA) is 32.3 Å². The van der Waals surface area contributed by atoms with Crippen LogP contribution in [-0.4, -0.2) is 36.5 Å². The summed E-state index contributed by atoms with van der Waals surface area (Å²) in [7, 11) is 0. The van der Waals surface area contributed by atoms with Gasteiger partial charge in [-0.05, 0) is 25.2 Å². The fourth-order valence-corrected chi connectivity index (χ4v) is 2.37. The van der Waals surface area contributed by atoms with Crippen molar-refractivity contribution in [3.63, 3.8) is 0 Å². The van der Waals surface area contributed by atoms with E-state index < -0.39 is 0 Å². The normalized spacial score (nSPS) is 27.1. The first kappa shape index (κ1) is 10.9. The number of hydrogen-bond acceptors (Lipinski definition) is 2. The largest absolute Gasteiger partial charge is 0.337 e. The second-order valence-corrected chi connectivity index (χ2v) is 5.29. The van der Waals surface area contributed by atoms with E-state index in [1.165, 1.54) is 0 Å². The standard InChI is InChI=1S/C12H22N2O/c1-9(2)7-11-8-13-5-6-14(11)12(15)10-3-4-10/h9-11,13H,3-8H2,1-2H3. The van der Waals surface area contributed by atoms with E-state index in [0.29, 0.717) is 23.8 Å². The number of rotatable bonds is 3. The first-order valence-corrected chi connectivity index (χ1v) is 6.19. The molecule has 1 unspecified atom stereocenters. The Morgan fingerprint density at radius 3 is 2.80 bits per heavy atom. The first-order chi connectivity index (χ1) is 7.18. The minimum atomic E-state index is 0.373. The van der Waals surface area contributed by atoms with E-state index in [1.807, 2.05) is 0 Å². The molecule has 15 heavy (non-hydrogen) atoms. The second kappa shape index (κ2) is 4.52. The molecule has 0 radical (unpaired) electrons. The van der Waals surface area contributed by atoms with Crippen LogP contribution in [-0.2, 0) is 4.79 Å². The third-order valence-corrected chi connectivity index (χ3v) is 3.30. The van der Waals surface area contributed by atoms with Crippen molar-refractivity contribution < 1.29 is 4.79 Å². The van der Waals surface area contributed by atoms with Crippen LogP contribution in [0, 0.1) is 11.8 Å². The van der Waals surface area contributed by atoms with Crippen molar-refractivity contribution >= 4 is 5.91 Å². The molecule has 3 heteroatoms. The molecule has 1 amide bonds. The molecule has 1 saturated heterocycles. The summed E-state index contributed by atoms with van der Waals surface area (Å²) in [6, 6.07) is 0.437. The maximum Gasteiger partial charge on any atom is 0.226 e. The number of nitrogens with zero attached hydrogens (tertiary/aromatic N) is 1. The summed E-state index contributed by atoms with van der Waals surface area (Å²) in [6.07, 6.45) is 3.37. The van der Waals surface area contributed by atoms with Crippen molar-refractivity contribution in [3.05, 3.63) is 0 Å². The van der Waals surface area contributed by atoms with E-state index in [9.17, 15) is 4.79 Å². The van der Waals surface area contributed by atoms with Gasteiger partial charge in [0.05, 0.1) is 0 Å². The lowest BCUT2D eigenvalue weighted by Gasteiger charge is -2.37. The SMILES string of the molecule is CC(C)CC1CNCCN1C(=O)C1CC1. The Kier molecular flexibility index (Phi) is 3.29. The van der Waals surface area contributed by atoms with Crippen LogP contribution in [0.15, 0.2) is 0 Å². The summed E-state index contributed by atoms with van der Waals surface area (Å²) in [5.41, 5.74) is 0. The van der Waals surface area contributed by atoms with Gasteiger partial charge in [-0.15, -0.1) is 0 Å². The Morgan fingerprint density at radius 1 is 1.47 bits per heavy atom. The second-order valence-electron chi connectivity index (χ2n) is 5.29. The Hall–Kier alpha value is -0.570. The van der Waals surface area contributed by atoms with Crippen molar-refractivity contribution in [3.8, 4) is 0 Å². The molecule has 0 aromatic carbocycles. The highest BCUT2D eigenvalue weighted by Gasteiger charge is 2.37. The van der Waals surface area contributed by atoms with E-state index in [1.54, 1.807) is 0 Å². The molecule has 2 rings (SSSR count). The van der Waals surface area contributed by atoms with Crippen LogP contribution in [0.5, 0.6) is 0 Å². The van der Waals surface area contributed by atoms with Crippen molar-refractivity contribution in [2.45, 2.75) is 39.2 Å². The third-order valence-electron chi connectivity index (χ3n) is 3.30. The van der Waals surface area contributed by atoms with Crippen molar-refractivity contribution in [1.82, 2.24) is 10.2 Å². The Morgan fingerprint density at radius 2 is 2.20 bits per heavy atom. The van der Waals surface area contributed by atoms with Crippen molar-refractivity contribution in [2.75, 3.05) is 19.6 Å². The molecule has 2 fully saturated rings. The van der Waals surface area contributed by atoms with Crippen LogP contribution in [0.2, 0.25) is 0 Å². The summed E-state index contributed by atoms with van der Waals surface area (Å²) in [5.74, 6) is 1.46. The van der Waals surface area contributed by atoms with Gasteiger partial charge in [-0.25, -0.2) is 0 Å². The van der Waals surface area contributed by atoms with E-state index in [-0.39, 0.29) is 0 Å². The number of carbonyl (C=O) groups excluding carboxylic acids is 1. The average Bonchev–Trinajstić information content (AvgIpc) is 3.00. The van der Waals surface area contributed by atoms with Crippen LogP contribution in [0.25, 0.3) is 0 Å². The van der Waals surface area contributed by atoms with Crippen LogP contribution in [0.3, 0.4) is 0 Å². The average molecular weight is 210 g/mol. The molecular formula is C12H22N2O. The quantitative estimate of drug-likeness (QED) is 0.760. The third kappa shape index (κ3) is 2.71. The predicted octanol–water partition coefficient (Wildman–Crippen LogP) is 1.24. The van der Waals surface area contributed by atoms with Crippen LogP contribution >= 0.6 is 0 Å². The van der Waals surface area contributed by atoms with Gasteiger partial charge in [-0.3, -0.25) is 4.79 Å². The summed E-state index contributed by atoms with van der Waals surface area (Å²) >= 11 is 0. The van der Waals surface area contributed by atoms with Gasteiger partial charge in [0.25, 0.3) is 0 Å². The Bertz CT molecular complexity index is 236. The van der Waals surface area contributed by atoms with Crippen LogP contribution < -0.4 is 5.32 Å². The molecule has 3 nitrogen and oxygen atoms in total. The maximum absolute atomic E-state index is 12.1. The molecule has 2 aliphatic rings. The highest BCUT2D eigenvalue weighted by Crippen LogP contribution is 2.32. The summed E-state index contributed by atoms with van der Waals surface area (Å²) in [4.78, 5) is 14.2. The van der Waals surface area contributed by atoms with Gasteiger partial charge in [0.2, 0.25) is 5.91 Å². The molecule has 0 bridgehead atoms. The fourth-order valence-electron chi connectivity index (χ4n) is 2.37. The van der Waals surface area contributed by atoms with Gasteiger partial charge < -0.3 is 10.2 Å². The minimum absolute atomic E-state index is 0.373. The number of piperazine rings is 1. The number of hydrogen-bond donors (Lipinski definition) is 1. The van der Waals surface area contributed by atoms with Crippen LogP contribution in [0.4, 0.5) is 0 Å². The van der Waals surface area contributed by atoms with Gasteiger partial charge in [0.1, 0.15) is 0 Å². The molecule has 1 N–H and O–H groups in total. The molecule has 0 aromatic rings. The zero-order valence-corrected chi connectivity index (χ0v) is 9.83. The fraction of sp³-hybridized carbons (Fsp3) is 0.917. The summed E-state index contributed by atoms with van der Waals surface area (Å²) < 4.78 is 0. The van der Waals surface area contributed by atoms with Gasteiger partial charge in [-0.2, -0.15) is 0 Å². The molecule has 86 valence electrons. The van der Waals surface area contributed by atoms with Gasteiger partial charge in [0, 0.05) is 31.6 Å². The van der Waals surface area contributed by atoms with E-state index in [2.05, 4.69) is 24.1 Å². The monoisotopic (exact) mass is 210 g/mol. The number of nitrogens with one attached hydrogen (secondary N) is 1. The van der Waals surface area contributed by atoms with Crippen LogP contribution in [0.1, 0.15) is 33.1 Å². The van der Waals surface area contributed by atoms with Crippen molar-refractivity contribution in [2.24, 2.45) is 11.8 Å². The van der Waals surface area contributed by atoms with Gasteiger partial charge in [0.15, 0.2) is 0 Å². The smallest absolute Gasteiger partial charge is 0.226 e. The Labute approximate surface area is 92.2 Å². The molecule has 0 aromatic heterocycles. The first-order valence-electron chi connectivity index (χ1n) is 6.19. The van der Waals surface area contributed by atoms with E-state index >= 15 is 0 Å². The lowest BCUT2D eigenvalue weighted by Crippen LogP contribution is -2.54. The molecule has 1 saturated carbocycles. The summed E-state index contributed by atoms with van der Waals surface area (Å²) in [5, 5.41) is 3.39. The molecule has 1 heterocycles. The molecular weight excluding hydrogens is 188 g/mol. The Balaban J connectivity index is 1.95. The lowest BCUT2D eigenvalue weighted by molar-refractivity contribution is -0.136. The summed E-state index contributed by atoms with van der Waals surface area (Å²) in [6.45, 7) is 7.32. The van der Waals surface area contributed by atoms with Gasteiger partial charge >= 0.3 is 0 Å². The minimum Gasteiger partial charge on any atom is -0.337 e. The van der Waals surface area contributed by atoms with E-state index in [4.69, 9.17) is 0 Å². The van der Waals surface area contributed by atoms with Crippen molar-refractivity contribution in [1.29, 1.82) is 0 Å².